The van der Waals surface area contributed by atoms with Crippen LogP contribution in [0.15, 0.2) is 158 Å². The van der Waals surface area contributed by atoms with Crippen molar-refractivity contribution in [3.63, 3.8) is 0 Å². The van der Waals surface area contributed by atoms with E-state index in [4.69, 9.17) is 0 Å². The Hall–Kier alpha value is -5.42. The highest BCUT2D eigenvalue weighted by Gasteiger charge is 2.21. The van der Waals surface area contributed by atoms with Gasteiger partial charge in [-0.05, 0) is 95.5 Å². The third-order valence-electron chi connectivity index (χ3n) is 10.2. The molecule has 8 rings (SSSR count). The first-order valence-electron chi connectivity index (χ1n) is 17.9. The minimum Gasteiger partial charge on any atom is -0.201 e. The molecule has 0 saturated carbocycles. The van der Waals surface area contributed by atoms with Crippen LogP contribution in [0.5, 0.6) is 0 Å². The Labute approximate surface area is 315 Å². The summed E-state index contributed by atoms with van der Waals surface area (Å²) in [5, 5.41) is 0. The number of nitrogens with zero attached hydrogens (tertiary/aromatic N) is 2. The van der Waals surface area contributed by atoms with Crippen molar-refractivity contribution in [3.05, 3.63) is 192 Å². The first-order chi connectivity index (χ1) is 25.4. The lowest BCUT2D eigenvalue weighted by Crippen LogP contribution is -2.32. The van der Waals surface area contributed by atoms with E-state index >= 15 is 0 Å². The summed E-state index contributed by atoms with van der Waals surface area (Å²) in [5.74, 6) is 0. The number of aromatic nitrogens is 2. The Morgan fingerprint density at radius 3 is 1.08 bits per heavy atom. The van der Waals surface area contributed by atoms with E-state index in [0.29, 0.717) is 0 Å². The molecule has 8 aromatic rings. The quantitative estimate of drug-likeness (QED) is 0.132. The van der Waals surface area contributed by atoms with E-state index in [0.717, 1.165) is 13.1 Å². The van der Waals surface area contributed by atoms with Crippen LogP contribution in [0, 0.1) is 27.7 Å². The highest BCUT2D eigenvalue weighted by Crippen LogP contribution is 2.49. The molecule has 0 fully saturated rings. The fourth-order valence-electron chi connectivity index (χ4n) is 6.95. The molecule has 0 radical (unpaired) electrons. The summed E-state index contributed by atoms with van der Waals surface area (Å²) in [5.41, 5.74) is 15.6. The number of thiophene rings is 2. The second-order valence-electron chi connectivity index (χ2n) is 13.7. The molecule has 0 bridgehead atoms. The van der Waals surface area contributed by atoms with Crippen LogP contribution in [0.3, 0.4) is 0 Å². The van der Waals surface area contributed by atoms with Crippen LogP contribution in [0.25, 0.3) is 52.9 Å². The van der Waals surface area contributed by atoms with Crippen molar-refractivity contribution in [1.29, 1.82) is 0 Å². The van der Waals surface area contributed by atoms with E-state index in [9.17, 15) is 0 Å². The number of hydrogen-bond donors (Lipinski definition) is 0. The zero-order chi connectivity index (χ0) is 35.6. The predicted octanol–water partition coefficient (Wildman–Crippen LogP) is 12.0. The van der Waals surface area contributed by atoms with E-state index in [2.05, 4.69) is 195 Å². The zero-order valence-electron chi connectivity index (χ0n) is 30.1. The molecule has 0 aliphatic heterocycles. The van der Waals surface area contributed by atoms with Gasteiger partial charge in [-0.25, -0.2) is 9.13 Å². The minimum absolute atomic E-state index is 0.870. The van der Waals surface area contributed by atoms with Gasteiger partial charge in [-0.2, -0.15) is 0 Å². The van der Waals surface area contributed by atoms with Crippen LogP contribution < -0.4 is 9.13 Å². The smallest absolute Gasteiger partial charge is 0.173 e. The van der Waals surface area contributed by atoms with Crippen molar-refractivity contribution in [1.82, 2.24) is 0 Å². The molecular weight excluding hydrogens is 669 g/mol. The van der Waals surface area contributed by atoms with Gasteiger partial charge in [-0.15, -0.1) is 22.7 Å². The van der Waals surface area contributed by atoms with Crippen molar-refractivity contribution in [2.45, 2.75) is 40.8 Å². The third-order valence-corrected chi connectivity index (χ3v) is 13.3. The summed E-state index contributed by atoms with van der Waals surface area (Å²) in [4.78, 5) is 5.48. The average Bonchev–Trinajstić information content (AvgIpc) is 3.65. The molecule has 0 aliphatic rings. The highest BCUT2D eigenvalue weighted by atomic mass is 32.1. The molecule has 0 saturated heterocycles. The van der Waals surface area contributed by atoms with Gasteiger partial charge in [0.1, 0.15) is 0 Å². The largest absolute Gasteiger partial charge is 0.201 e. The maximum atomic E-state index is 2.36. The van der Waals surface area contributed by atoms with Crippen LogP contribution in [-0.2, 0) is 13.1 Å². The zero-order valence-corrected chi connectivity index (χ0v) is 31.8. The second kappa shape index (κ2) is 14.7. The third kappa shape index (κ3) is 6.92. The van der Waals surface area contributed by atoms with E-state index in [1.54, 1.807) is 0 Å². The predicted molar refractivity (Wildman–Crippen MR) is 220 cm³/mol. The van der Waals surface area contributed by atoms with Gasteiger partial charge >= 0.3 is 0 Å². The second-order valence-corrected chi connectivity index (χ2v) is 15.7. The van der Waals surface area contributed by atoms with E-state index < -0.39 is 0 Å². The molecule has 52 heavy (non-hydrogen) atoms. The van der Waals surface area contributed by atoms with E-state index in [1.165, 1.54) is 86.3 Å². The molecule has 0 N–H and O–H groups in total. The molecule has 0 amide bonds. The molecule has 0 spiro atoms. The standard InChI is InChI=1S/C48H42N2S2/c1-33-35(3)47(51-45(33)43-19-11-17-41(29-43)39-21-25-49(26-22-39)31-37-13-7-5-8-14-37)48-36(4)34(2)46(52-48)44-20-12-18-42(30-44)40-23-27-50(28-24-40)32-38-15-9-6-10-16-38/h5-30H,31-32H2,1-4H3/q+2. The first kappa shape index (κ1) is 33.7. The normalized spacial score (nSPS) is 11.2. The van der Waals surface area contributed by atoms with Crippen molar-refractivity contribution in [3.8, 4) is 52.9 Å². The Balaban J connectivity index is 1.05. The van der Waals surface area contributed by atoms with Gasteiger partial charge in [0.25, 0.3) is 0 Å². The van der Waals surface area contributed by atoms with Gasteiger partial charge in [0.2, 0.25) is 0 Å². The van der Waals surface area contributed by atoms with Gasteiger partial charge in [0.05, 0.1) is 0 Å². The molecule has 0 atom stereocenters. The summed E-state index contributed by atoms with van der Waals surface area (Å²) in [7, 11) is 0. The van der Waals surface area contributed by atoms with E-state index in [-0.39, 0.29) is 0 Å². The van der Waals surface area contributed by atoms with Crippen LogP contribution in [0.4, 0.5) is 0 Å². The van der Waals surface area contributed by atoms with Crippen molar-refractivity contribution in [2.24, 2.45) is 0 Å². The number of hydrogen-bond acceptors (Lipinski definition) is 2. The summed E-state index contributed by atoms with van der Waals surface area (Å²) in [6.45, 7) is 10.9. The molecule has 4 aromatic carbocycles. The Bertz CT molecular complexity index is 2300. The summed E-state index contributed by atoms with van der Waals surface area (Å²) >= 11 is 3.87. The molecule has 0 unspecified atom stereocenters. The maximum absolute atomic E-state index is 2.36. The van der Waals surface area contributed by atoms with E-state index in [1.807, 2.05) is 22.7 Å². The molecule has 4 heterocycles. The van der Waals surface area contributed by atoms with Crippen molar-refractivity contribution in [2.75, 3.05) is 0 Å². The van der Waals surface area contributed by atoms with Crippen LogP contribution in [-0.4, -0.2) is 0 Å². The summed E-state index contributed by atoms with van der Waals surface area (Å²) in [6, 6.07) is 48.2. The van der Waals surface area contributed by atoms with Gasteiger partial charge < -0.3 is 0 Å². The van der Waals surface area contributed by atoms with Gasteiger partial charge in [0.15, 0.2) is 37.9 Å². The summed E-state index contributed by atoms with van der Waals surface area (Å²) < 4.78 is 4.47. The lowest BCUT2D eigenvalue weighted by molar-refractivity contribution is -0.688. The van der Waals surface area contributed by atoms with Gasteiger partial charge in [0, 0.05) is 54.9 Å². The number of pyridine rings is 2. The lowest BCUT2D eigenvalue weighted by atomic mass is 9.99. The van der Waals surface area contributed by atoms with Crippen LogP contribution in [0.1, 0.15) is 33.4 Å². The Morgan fingerprint density at radius 1 is 0.346 bits per heavy atom. The molecule has 4 heteroatoms. The topological polar surface area (TPSA) is 7.76 Å². The van der Waals surface area contributed by atoms with Gasteiger partial charge in [-0.1, -0.05) is 97.1 Å². The fraction of sp³-hybridized carbons (Fsp3) is 0.125. The van der Waals surface area contributed by atoms with Crippen molar-refractivity contribution >= 4 is 22.7 Å². The first-order valence-corrected chi connectivity index (χ1v) is 19.5. The maximum Gasteiger partial charge on any atom is 0.173 e. The van der Waals surface area contributed by atoms with Crippen LogP contribution in [0.2, 0.25) is 0 Å². The summed E-state index contributed by atoms with van der Waals surface area (Å²) in [6.07, 6.45) is 8.74. The molecule has 4 aromatic heterocycles. The van der Waals surface area contributed by atoms with Crippen LogP contribution >= 0.6 is 22.7 Å². The SMILES string of the molecule is Cc1c(-c2cccc(-c3cc[n+](Cc4ccccc4)cc3)c2)sc(-c2sc(-c3cccc(-c4cc[n+](Cc5ccccc5)cc4)c3)c(C)c2C)c1C. The van der Waals surface area contributed by atoms with Gasteiger partial charge in [-0.3, -0.25) is 0 Å². The number of benzene rings is 4. The Kier molecular flexibility index (Phi) is 9.51. The molecular formula is C48H42N2S2+2. The number of rotatable bonds is 9. The lowest BCUT2D eigenvalue weighted by Gasteiger charge is -2.06. The average molecular weight is 711 g/mol. The molecule has 254 valence electrons. The molecule has 0 aliphatic carbocycles. The van der Waals surface area contributed by atoms with Crippen molar-refractivity contribution < 1.29 is 9.13 Å². The Morgan fingerprint density at radius 2 is 0.692 bits per heavy atom. The minimum atomic E-state index is 0.870. The fourth-order valence-corrected chi connectivity index (χ4v) is 9.82. The monoisotopic (exact) mass is 710 g/mol. The molecule has 2 nitrogen and oxygen atoms in total. The highest BCUT2D eigenvalue weighted by molar-refractivity contribution is 7.25.